The molecular formula is C55H79N7O8. The second kappa shape index (κ2) is 25.6. The number of hydrogen-bond donors (Lipinski definition) is 5. The maximum Gasteiger partial charge on any atom is 0.246 e. The molecule has 8 atom stereocenters. The molecule has 2 heterocycles. The van der Waals surface area contributed by atoms with E-state index >= 15 is 0 Å². The Labute approximate surface area is 416 Å². The number of ether oxygens (including phenoxy) is 2. The van der Waals surface area contributed by atoms with E-state index in [0.29, 0.717) is 38.6 Å². The molecule has 3 aromatic rings. The summed E-state index contributed by atoms with van der Waals surface area (Å²) in [5.74, 6) is -1.53. The SMILES string of the molecule is CN[C@@H](C)C(=O)N[C@H](C(=O)N1C[C@@H](OCc2ccc(CO[C@H]3C[C@@H](C(=O)NCCc4ccccc4)N(C(=O)[C@@H](NC(=O)[C@H](C)NC)C(C)(C)C)C3)cc2)C[C@H]1C(=O)CCCc1ccccc1)C(C)(C)C. The molecule has 0 unspecified atom stereocenters. The van der Waals surface area contributed by atoms with Crippen molar-refractivity contribution in [3.63, 3.8) is 0 Å². The van der Waals surface area contributed by atoms with Gasteiger partial charge in [-0.3, -0.25) is 28.8 Å². The summed E-state index contributed by atoms with van der Waals surface area (Å²) in [6.45, 7) is 16.1. The molecule has 0 aliphatic carbocycles. The number of likely N-dealkylation sites (tertiary alicyclic amines) is 2. The first-order valence-electron chi connectivity index (χ1n) is 25.0. The van der Waals surface area contributed by atoms with Crippen LogP contribution < -0.4 is 26.6 Å². The molecule has 0 saturated carbocycles. The van der Waals surface area contributed by atoms with Crippen LogP contribution in [0.3, 0.4) is 0 Å². The minimum absolute atomic E-state index is 0.0213. The number of carbonyl (C=O) groups excluding carboxylic acids is 6. The van der Waals surface area contributed by atoms with Gasteiger partial charge in [0.15, 0.2) is 5.78 Å². The van der Waals surface area contributed by atoms with E-state index in [1.807, 2.05) is 126 Å². The Bertz CT molecular complexity index is 2040. The lowest BCUT2D eigenvalue weighted by Gasteiger charge is -2.36. The Morgan fingerprint density at radius 1 is 0.586 bits per heavy atom. The van der Waals surface area contributed by atoms with E-state index in [4.69, 9.17) is 9.47 Å². The minimum Gasteiger partial charge on any atom is -0.372 e. The third-order valence-electron chi connectivity index (χ3n) is 13.5. The van der Waals surface area contributed by atoms with Crippen molar-refractivity contribution in [1.29, 1.82) is 0 Å². The van der Waals surface area contributed by atoms with E-state index in [1.165, 1.54) is 0 Å². The predicted octanol–water partition coefficient (Wildman–Crippen LogP) is 4.89. The fourth-order valence-corrected chi connectivity index (χ4v) is 8.83. The number of amides is 5. The number of carbonyl (C=O) groups is 6. The van der Waals surface area contributed by atoms with Crippen LogP contribution in [0, 0.1) is 10.8 Å². The number of Topliss-reactive ketones (excluding diaryl/α,β-unsaturated/α-hetero) is 1. The van der Waals surface area contributed by atoms with Crippen LogP contribution in [0.2, 0.25) is 0 Å². The molecule has 2 aliphatic heterocycles. The number of nitrogens with one attached hydrogen (secondary N) is 5. The molecule has 15 heteroatoms. The maximum absolute atomic E-state index is 14.4. The van der Waals surface area contributed by atoms with Crippen LogP contribution in [-0.2, 0) is 64.3 Å². The molecule has 5 amide bonds. The molecule has 2 aliphatic rings. The molecule has 2 saturated heterocycles. The summed E-state index contributed by atoms with van der Waals surface area (Å²) >= 11 is 0. The lowest BCUT2D eigenvalue weighted by Crippen LogP contribution is -2.59. The van der Waals surface area contributed by atoms with Gasteiger partial charge in [0, 0.05) is 38.9 Å². The van der Waals surface area contributed by atoms with Crippen LogP contribution in [0.25, 0.3) is 0 Å². The molecular weight excluding hydrogens is 887 g/mol. The molecule has 5 N–H and O–H groups in total. The van der Waals surface area contributed by atoms with E-state index in [9.17, 15) is 28.8 Å². The molecule has 2 fully saturated rings. The number of likely N-dealkylation sites (N-methyl/N-ethyl adjacent to an activating group) is 2. The molecule has 382 valence electrons. The van der Waals surface area contributed by atoms with Gasteiger partial charge in [-0.25, -0.2) is 0 Å². The fourth-order valence-electron chi connectivity index (χ4n) is 8.83. The van der Waals surface area contributed by atoms with Gasteiger partial charge in [-0.1, -0.05) is 126 Å². The molecule has 15 nitrogen and oxygen atoms in total. The first kappa shape index (κ1) is 55.4. The highest BCUT2D eigenvalue weighted by Gasteiger charge is 2.47. The van der Waals surface area contributed by atoms with Crippen molar-refractivity contribution < 1.29 is 38.2 Å². The van der Waals surface area contributed by atoms with Crippen molar-refractivity contribution in [1.82, 2.24) is 36.4 Å². The quantitative estimate of drug-likeness (QED) is 0.0877. The maximum atomic E-state index is 14.4. The van der Waals surface area contributed by atoms with Crippen molar-refractivity contribution in [2.24, 2.45) is 10.8 Å². The molecule has 70 heavy (non-hydrogen) atoms. The van der Waals surface area contributed by atoms with E-state index in [-0.39, 0.29) is 61.6 Å². The zero-order chi connectivity index (χ0) is 51.2. The standard InChI is InChI=1S/C55H79N7O8/c1-36(56-9)49(64)59-47(54(3,4)5)52(67)61-32-42(30-44(61)46(63)23-17-22-38-18-13-11-14-19-38)69-34-40-24-26-41(27-25-40)35-70-43-31-45(51(66)58-29-28-39-20-15-12-16-21-39)62(33-43)53(68)48(55(6,7)8)60-50(65)37(2)57-10/h11-16,18-21,24-27,36-37,42-45,47-48,56-57H,17,22-23,28-35H2,1-10H3,(H,58,66)(H,59,64)(H,60,65)/t36-,37-,42-,43-,44-,45-,47+,48+/m0/s1. The Morgan fingerprint density at radius 2 is 1.00 bits per heavy atom. The topological polar surface area (TPSA) is 188 Å². The number of aryl methyl sites for hydroxylation is 1. The van der Waals surface area contributed by atoms with Crippen LogP contribution in [0.4, 0.5) is 0 Å². The number of nitrogens with zero attached hydrogens (tertiary/aromatic N) is 2. The molecule has 5 rings (SSSR count). The predicted molar refractivity (Wildman–Crippen MR) is 271 cm³/mol. The highest BCUT2D eigenvalue weighted by molar-refractivity contribution is 5.95. The summed E-state index contributed by atoms with van der Waals surface area (Å²) in [7, 11) is 3.37. The Hall–Kier alpha value is -5.48. The fraction of sp³-hybridized carbons (Fsp3) is 0.564. The van der Waals surface area contributed by atoms with Gasteiger partial charge in [0.05, 0.1) is 43.5 Å². The second-order valence-corrected chi connectivity index (χ2v) is 21.1. The lowest BCUT2D eigenvalue weighted by atomic mass is 9.85. The van der Waals surface area contributed by atoms with Gasteiger partial charge >= 0.3 is 0 Å². The third-order valence-corrected chi connectivity index (χ3v) is 13.5. The van der Waals surface area contributed by atoms with Crippen LogP contribution >= 0.6 is 0 Å². The van der Waals surface area contributed by atoms with Gasteiger partial charge in [-0.2, -0.15) is 0 Å². The summed E-state index contributed by atoms with van der Waals surface area (Å²) < 4.78 is 12.8. The minimum atomic E-state index is -0.881. The van der Waals surface area contributed by atoms with E-state index in [1.54, 1.807) is 37.7 Å². The summed E-state index contributed by atoms with van der Waals surface area (Å²) in [6, 6.07) is 23.4. The van der Waals surface area contributed by atoms with Crippen molar-refractivity contribution in [3.05, 3.63) is 107 Å². The number of rotatable bonds is 23. The Kier molecular flexibility index (Phi) is 20.3. The average Bonchev–Trinajstić information content (AvgIpc) is 3.98. The Morgan fingerprint density at radius 3 is 1.43 bits per heavy atom. The monoisotopic (exact) mass is 966 g/mol. The highest BCUT2D eigenvalue weighted by atomic mass is 16.5. The number of benzene rings is 3. The smallest absolute Gasteiger partial charge is 0.246 e. The van der Waals surface area contributed by atoms with Crippen molar-refractivity contribution in [2.75, 3.05) is 33.7 Å². The van der Waals surface area contributed by atoms with Gasteiger partial charge in [-0.15, -0.1) is 0 Å². The Balaban J connectivity index is 1.23. The van der Waals surface area contributed by atoms with Crippen LogP contribution in [0.1, 0.15) is 103 Å². The first-order valence-corrected chi connectivity index (χ1v) is 25.0. The van der Waals surface area contributed by atoms with Gasteiger partial charge in [0.1, 0.15) is 18.1 Å². The van der Waals surface area contributed by atoms with Crippen LogP contribution in [-0.4, -0.2) is 127 Å². The van der Waals surface area contributed by atoms with Gasteiger partial charge in [-0.05, 0) is 80.3 Å². The van der Waals surface area contributed by atoms with E-state index < -0.39 is 59.3 Å². The van der Waals surface area contributed by atoms with Gasteiger partial charge in [0.25, 0.3) is 0 Å². The van der Waals surface area contributed by atoms with Crippen molar-refractivity contribution in [2.45, 2.75) is 156 Å². The number of ketones is 1. The highest BCUT2D eigenvalue weighted by Crippen LogP contribution is 2.31. The zero-order valence-corrected chi connectivity index (χ0v) is 43.1. The van der Waals surface area contributed by atoms with Crippen molar-refractivity contribution in [3.8, 4) is 0 Å². The zero-order valence-electron chi connectivity index (χ0n) is 43.1. The summed E-state index contributed by atoms with van der Waals surface area (Å²) in [5, 5.41) is 14.8. The van der Waals surface area contributed by atoms with Gasteiger partial charge in [0.2, 0.25) is 29.5 Å². The third kappa shape index (κ3) is 15.8. The normalized spacial score (nSPS) is 20.0. The number of hydrogen-bond acceptors (Lipinski definition) is 10. The summed E-state index contributed by atoms with van der Waals surface area (Å²) in [4.78, 5) is 85.9. The van der Waals surface area contributed by atoms with E-state index in [2.05, 4.69) is 26.6 Å². The lowest BCUT2D eigenvalue weighted by molar-refractivity contribution is -0.144. The molecule has 0 radical (unpaired) electrons. The molecule has 0 aromatic heterocycles. The molecule has 3 aromatic carbocycles. The second-order valence-electron chi connectivity index (χ2n) is 21.1. The van der Waals surface area contributed by atoms with Crippen LogP contribution in [0.15, 0.2) is 84.9 Å². The average molecular weight is 966 g/mol. The molecule has 0 spiro atoms. The van der Waals surface area contributed by atoms with E-state index in [0.717, 1.165) is 28.7 Å². The van der Waals surface area contributed by atoms with Crippen LogP contribution in [0.5, 0.6) is 0 Å². The summed E-state index contributed by atoms with van der Waals surface area (Å²) in [6.07, 6.45) is 2.15. The molecule has 0 bridgehead atoms. The largest absolute Gasteiger partial charge is 0.372 e. The van der Waals surface area contributed by atoms with Crippen molar-refractivity contribution >= 4 is 35.3 Å². The summed E-state index contributed by atoms with van der Waals surface area (Å²) in [5.41, 5.74) is 2.75. The van der Waals surface area contributed by atoms with Gasteiger partial charge < -0.3 is 45.9 Å². The first-order chi connectivity index (χ1) is 33.2.